The fourth-order valence-electron chi connectivity index (χ4n) is 2.34. The third-order valence-corrected chi connectivity index (χ3v) is 3.31. The van der Waals surface area contributed by atoms with Crippen LogP contribution in [0.1, 0.15) is 39.5 Å². The van der Waals surface area contributed by atoms with Crippen molar-refractivity contribution in [2.24, 2.45) is 5.92 Å². The quantitative estimate of drug-likeness (QED) is 0.604. The van der Waals surface area contributed by atoms with Gasteiger partial charge in [-0.25, -0.2) is 0 Å². The van der Waals surface area contributed by atoms with Crippen molar-refractivity contribution in [1.82, 2.24) is 5.32 Å². The monoisotopic (exact) mass is 199 g/mol. The third kappa shape index (κ3) is 1.86. The zero-order valence-electron chi connectivity index (χ0n) is 8.30. The van der Waals surface area contributed by atoms with Gasteiger partial charge in [-0.1, -0.05) is 25.1 Å². The molecule has 1 saturated heterocycles. The Labute approximate surface area is 85.0 Å². The van der Waals surface area contributed by atoms with Gasteiger partial charge in [0.15, 0.2) is 0 Å². The highest BCUT2D eigenvalue weighted by Gasteiger charge is 2.39. The first-order valence-corrected chi connectivity index (χ1v) is 5.49. The molecule has 1 N–H and O–H groups in total. The summed E-state index contributed by atoms with van der Waals surface area (Å²) in [6, 6.07) is 0. The molecule has 1 aliphatic heterocycles. The number of nitrogens with one attached hydrogen (secondary N) is 1. The Bertz CT molecular complexity index is 227. The van der Waals surface area contributed by atoms with E-state index in [0.29, 0.717) is 12.0 Å². The molecule has 0 aromatic heterocycles. The molecule has 74 valence electrons. The van der Waals surface area contributed by atoms with Crippen molar-refractivity contribution in [2.75, 3.05) is 0 Å². The van der Waals surface area contributed by atoms with Crippen LogP contribution >= 0.6 is 12.2 Å². The maximum Gasteiger partial charge on any atom is 0.133 e. The smallest absolute Gasteiger partial charge is 0.133 e. The summed E-state index contributed by atoms with van der Waals surface area (Å²) in [6.07, 6.45) is 5.34. The Morgan fingerprint density at radius 3 is 2.85 bits per heavy atom. The van der Waals surface area contributed by atoms with Gasteiger partial charge >= 0.3 is 0 Å². The molecule has 2 rings (SSSR count). The average molecular weight is 199 g/mol. The summed E-state index contributed by atoms with van der Waals surface area (Å²) in [5.74, 6) is 0.483. The molecule has 0 aromatic rings. The summed E-state index contributed by atoms with van der Waals surface area (Å²) in [7, 11) is 0. The lowest BCUT2D eigenvalue weighted by atomic mass is 9.84. The number of ether oxygens (including phenoxy) is 1. The summed E-state index contributed by atoms with van der Waals surface area (Å²) < 4.78 is 5.95. The van der Waals surface area contributed by atoms with Gasteiger partial charge in [0.05, 0.1) is 11.1 Å². The van der Waals surface area contributed by atoms with Crippen molar-refractivity contribution in [3.05, 3.63) is 0 Å². The summed E-state index contributed by atoms with van der Waals surface area (Å²) >= 11 is 5.36. The largest absolute Gasteiger partial charge is 0.353 e. The molecule has 1 saturated carbocycles. The van der Waals surface area contributed by atoms with E-state index in [1.807, 2.05) is 13.8 Å². The van der Waals surface area contributed by atoms with E-state index in [9.17, 15) is 0 Å². The van der Waals surface area contributed by atoms with Gasteiger partial charge in [0.1, 0.15) is 5.72 Å². The lowest BCUT2D eigenvalue weighted by Gasteiger charge is -2.45. The number of hydrogen-bond acceptors (Lipinski definition) is 2. The second kappa shape index (κ2) is 3.21. The van der Waals surface area contributed by atoms with E-state index < -0.39 is 0 Å². The van der Waals surface area contributed by atoms with E-state index in [-0.39, 0.29) is 5.72 Å². The van der Waals surface area contributed by atoms with Crippen LogP contribution in [-0.2, 0) is 4.74 Å². The highest BCUT2D eigenvalue weighted by Crippen LogP contribution is 2.33. The van der Waals surface area contributed by atoms with E-state index in [1.54, 1.807) is 0 Å². The van der Waals surface area contributed by atoms with Crippen molar-refractivity contribution in [3.8, 4) is 0 Å². The predicted molar refractivity (Wildman–Crippen MR) is 56.6 cm³/mol. The van der Waals surface area contributed by atoms with Gasteiger partial charge in [0.2, 0.25) is 0 Å². The van der Waals surface area contributed by atoms with Crippen molar-refractivity contribution in [1.29, 1.82) is 0 Å². The lowest BCUT2D eigenvalue weighted by molar-refractivity contribution is -0.121. The molecule has 0 amide bonds. The van der Waals surface area contributed by atoms with Crippen LogP contribution in [0, 0.1) is 5.92 Å². The van der Waals surface area contributed by atoms with Gasteiger partial charge in [0, 0.05) is 5.92 Å². The van der Waals surface area contributed by atoms with Crippen molar-refractivity contribution >= 4 is 17.2 Å². The molecule has 13 heavy (non-hydrogen) atoms. The Hall–Kier alpha value is -0.150. The SMILES string of the molecule is CC1(C)NC(=S)C2CCCCC2O1. The number of fused-ring (bicyclic) bond motifs is 1. The number of hydrogen-bond donors (Lipinski definition) is 1. The van der Waals surface area contributed by atoms with Gasteiger partial charge in [-0.2, -0.15) is 0 Å². The summed E-state index contributed by atoms with van der Waals surface area (Å²) in [6.45, 7) is 4.09. The molecule has 2 nitrogen and oxygen atoms in total. The van der Waals surface area contributed by atoms with Crippen molar-refractivity contribution < 1.29 is 4.74 Å². The van der Waals surface area contributed by atoms with Crippen LogP contribution in [0.15, 0.2) is 0 Å². The van der Waals surface area contributed by atoms with E-state index >= 15 is 0 Å². The van der Waals surface area contributed by atoms with Crippen LogP contribution in [0.3, 0.4) is 0 Å². The van der Waals surface area contributed by atoms with E-state index in [2.05, 4.69) is 5.32 Å². The highest BCUT2D eigenvalue weighted by atomic mass is 32.1. The summed E-state index contributed by atoms with van der Waals surface area (Å²) in [5, 5.41) is 3.26. The van der Waals surface area contributed by atoms with E-state index in [4.69, 9.17) is 17.0 Å². The van der Waals surface area contributed by atoms with Crippen molar-refractivity contribution in [3.63, 3.8) is 0 Å². The first-order chi connectivity index (χ1) is 6.08. The standard InChI is InChI=1S/C10H17NOS/c1-10(2)11-9(13)7-5-3-4-6-8(7)12-10/h7-8H,3-6H2,1-2H3,(H,11,13). The molecular weight excluding hydrogens is 182 g/mol. The summed E-state index contributed by atoms with van der Waals surface area (Å²) in [5.41, 5.74) is -0.254. The second-order valence-corrected chi connectivity index (χ2v) is 4.99. The second-order valence-electron chi connectivity index (χ2n) is 4.55. The Morgan fingerprint density at radius 1 is 1.38 bits per heavy atom. The molecule has 0 spiro atoms. The molecule has 0 bridgehead atoms. The molecule has 0 radical (unpaired) electrons. The number of thiocarbonyl (C=S) groups is 1. The molecule has 1 aliphatic carbocycles. The minimum absolute atomic E-state index is 0.254. The number of rotatable bonds is 0. The van der Waals surface area contributed by atoms with Crippen LogP contribution in [-0.4, -0.2) is 16.8 Å². The van der Waals surface area contributed by atoms with Gasteiger partial charge < -0.3 is 10.1 Å². The van der Waals surface area contributed by atoms with Gasteiger partial charge in [-0.05, 0) is 26.7 Å². The first kappa shape index (κ1) is 9.41. The minimum atomic E-state index is -0.254. The van der Waals surface area contributed by atoms with Crippen LogP contribution in [0.5, 0.6) is 0 Å². The normalized spacial score (nSPS) is 37.8. The molecular formula is C10H17NOS. The summed E-state index contributed by atoms with van der Waals surface area (Å²) in [4.78, 5) is 1.01. The maximum absolute atomic E-state index is 5.95. The van der Waals surface area contributed by atoms with Crippen LogP contribution in [0.25, 0.3) is 0 Å². The Morgan fingerprint density at radius 2 is 2.08 bits per heavy atom. The molecule has 2 fully saturated rings. The van der Waals surface area contributed by atoms with Gasteiger partial charge in [-0.15, -0.1) is 0 Å². The molecule has 1 heterocycles. The van der Waals surface area contributed by atoms with Crippen LogP contribution < -0.4 is 5.32 Å². The minimum Gasteiger partial charge on any atom is -0.353 e. The fraction of sp³-hybridized carbons (Fsp3) is 0.900. The third-order valence-electron chi connectivity index (χ3n) is 2.91. The first-order valence-electron chi connectivity index (χ1n) is 5.08. The van der Waals surface area contributed by atoms with Crippen LogP contribution in [0.4, 0.5) is 0 Å². The van der Waals surface area contributed by atoms with E-state index in [0.717, 1.165) is 4.99 Å². The topological polar surface area (TPSA) is 21.3 Å². The molecule has 0 aromatic carbocycles. The lowest BCUT2D eigenvalue weighted by Crippen LogP contribution is -2.58. The van der Waals surface area contributed by atoms with Crippen LogP contribution in [0.2, 0.25) is 0 Å². The fourth-order valence-corrected chi connectivity index (χ4v) is 2.85. The predicted octanol–water partition coefficient (Wildman–Crippen LogP) is 2.23. The Kier molecular flexibility index (Phi) is 2.32. The van der Waals surface area contributed by atoms with Gasteiger partial charge in [-0.3, -0.25) is 0 Å². The molecule has 2 unspecified atom stereocenters. The average Bonchev–Trinajstić information content (AvgIpc) is 2.02. The van der Waals surface area contributed by atoms with Crippen molar-refractivity contribution in [2.45, 2.75) is 51.4 Å². The maximum atomic E-state index is 5.95. The molecule has 2 aliphatic rings. The molecule has 2 atom stereocenters. The van der Waals surface area contributed by atoms with Gasteiger partial charge in [0.25, 0.3) is 0 Å². The van der Waals surface area contributed by atoms with E-state index in [1.165, 1.54) is 25.7 Å². The Balaban J connectivity index is 2.12. The molecule has 3 heteroatoms. The zero-order chi connectivity index (χ0) is 9.47. The highest BCUT2D eigenvalue weighted by molar-refractivity contribution is 7.80. The zero-order valence-corrected chi connectivity index (χ0v) is 9.12.